The molecule has 14 aromatic rings. The third-order valence-corrected chi connectivity index (χ3v) is 17.2. The maximum atomic E-state index is 4.62. The molecule has 4 radical (unpaired) electrons. The Labute approximate surface area is 673 Å². The Balaban J connectivity index is 0.000000205. The summed E-state index contributed by atoms with van der Waals surface area (Å²) < 4.78 is 0. The second kappa shape index (κ2) is 41.1. The molecule has 534 valence electrons. The Morgan fingerprint density at radius 1 is 0.260 bits per heavy atom. The van der Waals surface area contributed by atoms with Crippen molar-refractivity contribution >= 4 is 0 Å². The smallest absolute Gasteiger partial charge is 0.0198 e. The zero-order valence-electron chi connectivity index (χ0n) is 61.1. The van der Waals surface area contributed by atoms with Crippen molar-refractivity contribution < 1.29 is 80.4 Å². The number of hydrogen-bond donors (Lipinski definition) is 0. The Morgan fingerprint density at radius 3 is 1.02 bits per heavy atom. The number of aromatic nitrogens is 5. The van der Waals surface area contributed by atoms with Crippen molar-refractivity contribution in [2.75, 3.05) is 0 Å². The maximum Gasteiger partial charge on any atom is 0.0198 e. The predicted octanol–water partition coefficient (Wildman–Crippen LogP) is 24.9. The molecule has 0 saturated heterocycles. The molecule has 0 aliphatic carbocycles. The summed E-state index contributed by atoms with van der Waals surface area (Å²) in [5.41, 5.74) is 27.8. The van der Waals surface area contributed by atoms with Gasteiger partial charge < -0.3 is 24.9 Å². The molecule has 0 unspecified atom stereocenters. The molecule has 0 N–H and O–H groups in total. The van der Waals surface area contributed by atoms with Crippen LogP contribution in [0.15, 0.2) is 304 Å². The fourth-order valence-electron chi connectivity index (χ4n) is 11.0. The quantitative estimate of drug-likeness (QED) is 0.121. The van der Waals surface area contributed by atoms with Gasteiger partial charge in [-0.25, -0.2) is 0 Å². The second-order valence-corrected chi connectivity index (χ2v) is 27.5. The van der Waals surface area contributed by atoms with Crippen LogP contribution in [0.1, 0.15) is 114 Å². The minimum atomic E-state index is 0. The molecule has 9 heteroatoms. The maximum absolute atomic E-state index is 4.62. The Morgan fingerprint density at radius 2 is 0.635 bits per heavy atom. The number of rotatable bonds is 11. The molecule has 9 aromatic carbocycles. The van der Waals surface area contributed by atoms with E-state index in [4.69, 9.17) is 0 Å². The van der Waals surface area contributed by atoms with Crippen LogP contribution < -0.4 is 0 Å². The fraction of sp³-hybridized carbons (Fsp3) is 0.168. The summed E-state index contributed by atoms with van der Waals surface area (Å²) >= 11 is 0. The first-order chi connectivity index (χ1) is 48.3. The van der Waals surface area contributed by atoms with E-state index in [2.05, 4.69) is 308 Å². The molecule has 0 fully saturated rings. The van der Waals surface area contributed by atoms with Crippen LogP contribution in [0.4, 0.5) is 0 Å². The van der Waals surface area contributed by atoms with Crippen LogP contribution in [0.2, 0.25) is 0 Å². The Bertz CT molecular complexity index is 4790. The van der Waals surface area contributed by atoms with Gasteiger partial charge in [0.15, 0.2) is 0 Å². The first kappa shape index (κ1) is 84.3. The van der Waals surface area contributed by atoms with E-state index in [9.17, 15) is 0 Å². The SMILES string of the molecule is CC(C)(C)c1ccc(-c2[c-]ccc(-c3ccccc3)c2)nc1.CC(C)(C)c1ccnc(-c2[c-]ccc(-c3ccccc3)c2)c1.CC(C)c1cc(-c2cc[c-]c(-c3ccccn3)c2)cc(C(C)C)c1.Cc1cnc(-c2[c-]ccc(-c3ccccc3)c2)cc1C.[Ir].[Ir].[Ir].[Ir].[c-]1ccccc1-c1ccccn1. The summed E-state index contributed by atoms with van der Waals surface area (Å²) in [5.74, 6) is 1.04. The van der Waals surface area contributed by atoms with Gasteiger partial charge in [-0.15, -0.1) is 177 Å². The van der Waals surface area contributed by atoms with E-state index in [1.807, 2.05) is 128 Å². The van der Waals surface area contributed by atoms with Gasteiger partial charge in [0, 0.05) is 111 Å². The second-order valence-electron chi connectivity index (χ2n) is 27.5. The van der Waals surface area contributed by atoms with Crippen molar-refractivity contribution in [3.05, 3.63) is 368 Å². The first-order valence-electron chi connectivity index (χ1n) is 34.4. The van der Waals surface area contributed by atoms with Crippen LogP contribution >= 0.6 is 0 Å². The van der Waals surface area contributed by atoms with E-state index in [-0.39, 0.29) is 91.3 Å². The number of benzene rings is 9. The van der Waals surface area contributed by atoms with Gasteiger partial charge in [-0.3, -0.25) is 0 Å². The average molecular weight is 2070 g/mol. The van der Waals surface area contributed by atoms with Crippen LogP contribution in [-0.2, 0) is 91.3 Å². The van der Waals surface area contributed by atoms with Gasteiger partial charge in [0.2, 0.25) is 0 Å². The van der Waals surface area contributed by atoms with E-state index in [1.54, 1.807) is 6.20 Å². The molecular weight excluding hydrogens is 1980 g/mol. The van der Waals surface area contributed by atoms with Gasteiger partial charge in [-0.05, 0) is 133 Å². The van der Waals surface area contributed by atoms with Crippen molar-refractivity contribution in [2.24, 2.45) is 0 Å². The van der Waals surface area contributed by atoms with Crippen LogP contribution in [0.5, 0.6) is 0 Å². The van der Waals surface area contributed by atoms with E-state index in [0.29, 0.717) is 11.8 Å². The van der Waals surface area contributed by atoms with Gasteiger partial charge in [0.1, 0.15) is 0 Å². The van der Waals surface area contributed by atoms with Gasteiger partial charge in [-0.1, -0.05) is 233 Å². The largest absolute Gasteiger partial charge is 0.305 e. The molecule has 0 amide bonds. The summed E-state index contributed by atoms with van der Waals surface area (Å²) in [6.07, 6.45) is 9.40. The van der Waals surface area contributed by atoms with E-state index in [0.717, 1.165) is 56.3 Å². The molecule has 5 heterocycles. The van der Waals surface area contributed by atoms with Crippen LogP contribution in [0.25, 0.3) is 101 Å². The Kier molecular flexibility index (Phi) is 33.3. The molecule has 0 aliphatic heterocycles. The summed E-state index contributed by atoms with van der Waals surface area (Å²) in [5, 5.41) is 0. The zero-order valence-corrected chi connectivity index (χ0v) is 70.7. The van der Waals surface area contributed by atoms with E-state index in [1.165, 1.54) is 77.9 Å². The minimum absolute atomic E-state index is 0. The van der Waals surface area contributed by atoms with Crippen molar-refractivity contribution in [3.8, 4) is 101 Å². The molecule has 0 spiro atoms. The monoisotopic (exact) mass is 2070 g/mol. The average Bonchev–Trinajstić information content (AvgIpc) is 0.831. The number of aryl methyl sites for hydroxylation is 2. The van der Waals surface area contributed by atoms with Crippen molar-refractivity contribution in [3.63, 3.8) is 0 Å². The predicted molar refractivity (Wildman–Crippen MR) is 419 cm³/mol. The Hall–Kier alpha value is -8.67. The van der Waals surface area contributed by atoms with Gasteiger partial charge in [0.05, 0.1) is 0 Å². The summed E-state index contributed by atoms with van der Waals surface area (Å²) in [4.78, 5) is 22.3. The number of nitrogens with zero attached hydrogens (tertiary/aromatic N) is 5. The minimum Gasteiger partial charge on any atom is -0.305 e. The summed E-state index contributed by atoms with van der Waals surface area (Å²) in [6.45, 7) is 26.5. The molecule has 0 atom stereocenters. The third kappa shape index (κ3) is 24.5. The van der Waals surface area contributed by atoms with Crippen LogP contribution in [-0.4, -0.2) is 24.9 Å². The molecular formula is C95H88Ir4N5-5. The summed E-state index contributed by atoms with van der Waals surface area (Å²) in [6, 6.07) is 110. The normalized spacial score (nSPS) is 10.6. The summed E-state index contributed by atoms with van der Waals surface area (Å²) in [7, 11) is 0. The van der Waals surface area contributed by atoms with E-state index >= 15 is 0 Å². The number of pyridine rings is 5. The molecule has 5 nitrogen and oxygen atoms in total. The van der Waals surface area contributed by atoms with E-state index < -0.39 is 0 Å². The van der Waals surface area contributed by atoms with Crippen molar-refractivity contribution in [1.82, 2.24) is 24.9 Å². The molecule has 0 saturated carbocycles. The molecule has 0 aliphatic rings. The molecule has 0 bridgehead atoms. The molecule has 5 aromatic heterocycles. The fourth-order valence-corrected chi connectivity index (χ4v) is 11.0. The topological polar surface area (TPSA) is 64.5 Å². The zero-order chi connectivity index (χ0) is 70.4. The third-order valence-electron chi connectivity index (χ3n) is 17.2. The van der Waals surface area contributed by atoms with Crippen molar-refractivity contribution in [2.45, 2.75) is 106 Å². The van der Waals surface area contributed by atoms with Gasteiger partial charge >= 0.3 is 0 Å². The number of hydrogen-bond acceptors (Lipinski definition) is 5. The standard InChI is InChI=1S/C23H24N.2C21H20N.C19H16N.C11H8N.4Ir/c1-16(2)20-13-21(17(3)4)15-22(14-20)18-8-7-9-19(12-18)23-10-5-6-11-24-23;1-21(2,3)19-12-13-22-20(15-19)18-11-7-10-17(14-18)16-8-5-4-6-9-16;1-21(2,3)19-12-13-20(22-15-19)18-11-7-10-17(14-18)16-8-5-4-6-9-16;1-14-11-19(20-13-15(14)2)18-10-6-9-17(12-18)16-7-4-3-5-8-16;1-2-6-10(7-3-1)11-8-4-5-9-12-11;;;;/h5-8,10-17H,1-4H3;2*4-10,12-15H,1-3H3;3-9,11-13H,1-2H3;1-6,8-9H;;;;/q5*-1;;;;. The van der Waals surface area contributed by atoms with Crippen LogP contribution in [0.3, 0.4) is 0 Å². The first-order valence-corrected chi connectivity index (χ1v) is 34.4. The molecule has 104 heavy (non-hydrogen) atoms. The molecule has 14 rings (SSSR count). The van der Waals surface area contributed by atoms with Gasteiger partial charge in [-0.2, -0.15) is 0 Å². The van der Waals surface area contributed by atoms with Crippen molar-refractivity contribution in [1.29, 1.82) is 0 Å². The van der Waals surface area contributed by atoms with Crippen LogP contribution in [0, 0.1) is 44.2 Å². The van der Waals surface area contributed by atoms with Gasteiger partial charge in [0.25, 0.3) is 0 Å².